The van der Waals surface area contributed by atoms with Gasteiger partial charge in [0.15, 0.2) is 0 Å². The third-order valence-corrected chi connectivity index (χ3v) is 3.81. The smallest absolute Gasteiger partial charge is 0.0731 e. The van der Waals surface area contributed by atoms with Crippen molar-refractivity contribution in [2.45, 2.75) is 49.9 Å². The molecule has 2 nitrogen and oxygen atoms in total. The molecule has 0 aromatic carbocycles. The number of hydrogen-bond donors (Lipinski definition) is 3. The minimum Gasteiger partial charge on any atom is -0.396 e. The molecule has 0 bridgehead atoms. The van der Waals surface area contributed by atoms with Crippen molar-refractivity contribution in [1.29, 1.82) is 0 Å². The van der Waals surface area contributed by atoms with E-state index < -0.39 is 6.10 Å². The highest BCUT2D eigenvalue weighted by Crippen LogP contribution is 2.38. The van der Waals surface area contributed by atoms with Crippen LogP contribution >= 0.6 is 12.6 Å². The quantitative estimate of drug-likeness (QED) is 0.611. The molecule has 1 rings (SSSR count). The third-order valence-electron chi connectivity index (χ3n) is 3.10. The maximum atomic E-state index is 9.97. The Morgan fingerprint density at radius 2 is 1.85 bits per heavy atom. The van der Waals surface area contributed by atoms with Crippen molar-refractivity contribution in [1.82, 2.24) is 0 Å². The van der Waals surface area contributed by atoms with Gasteiger partial charge in [0.1, 0.15) is 0 Å². The van der Waals surface area contributed by atoms with Gasteiger partial charge in [0.2, 0.25) is 0 Å². The van der Waals surface area contributed by atoms with Gasteiger partial charge in [-0.1, -0.05) is 26.2 Å². The molecular weight excluding hydrogens is 184 g/mol. The Kier molecular flexibility index (Phi) is 4.07. The summed E-state index contributed by atoms with van der Waals surface area (Å²) < 4.78 is -0.250. The van der Waals surface area contributed by atoms with E-state index in [1.54, 1.807) is 0 Å². The van der Waals surface area contributed by atoms with Crippen LogP contribution in [0.5, 0.6) is 0 Å². The summed E-state index contributed by atoms with van der Waals surface area (Å²) in [5, 5.41) is 18.9. The van der Waals surface area contributed by atoms with Gasteiger partial charge in [0, 0.05) is 17.3 Å². The highest BCUT2D eigenvalue weighted by molar-refractivity contribution is 7.81. The molecule has 0 unspecified atom stereocenters. The Labute approximate surface area is 85.8 Å². The second-order valence-electron chi connectivity index (χ2n) is 4.27. The van der Waals surface area contributed by atoms with Crippen LogP contribution in [0.1, 0.15) is 39.0 Å². The zero-order valence-corrected chi connectivity index (χ0v) is 9.13. The van der Waals surface area contributed by atoms with Crippen LogP contribution in [0.2, 0.25) is 0 Å². The van der Waals surface area contributed by atoms with Crippen molar-refractivity contribution in [2.24, 2.45) is 5.92 Å². The summed E-state index contributed by atoms with van der Waals surface area (Å²) in [5.41, 5.74) is 0. The third kappa shape index (κ3) is 2.61. The van der Waals surface area contributed by atoms with Gasteiger partial charge in [-0.15, -0.1) is 0 Å². The summed E-state index contributed by atoms with van der Waals surface area (Å²) in [6.45, 7) is 1.92. The number of hydrogen-bond acceptors (Lipinski definition) is 3. The molecule has 0 radical (unpaired) electrons. The first-order valence-corrected chi connectivity index (χ1v) is 5.56. The van der Waals surface area contributed by atoms with Gasteiger partial charge in [0.05, 0.1) is 6.10 Å². The second kappa shape index (κ2) is 4.67. The lowest BCUT2D eigenvalue weighted by molar-refractivity contribution is 0.0340. The molecule has 0 aromatic heterocycles. The highest BCUT2D eigenvalue weighted by atomic mass is 32.1. The maximum absolute atomic E-state index is 9.97. The summed E-state index contributed by atoms with van der Waals surface area (Å²) in [7, 11) is 0. The van der Waals surface area contributed by atoms with Crippen molar-refractivity contribution >= 4 is 12.6 Å². The molecule has 0 aromatic rings. The Morgan fingerprint density at radius 1 is 1.31 bits per heavy atom. The van der Waals surface area contributed by atoms with Crippen LogP contribution in [0.15, 0.2) is 0 Å². The lowest BCUT2D eigenvalue weighted by atomic mass is 9.80. The van der Waals surface area contributed by atoms with E-state index >= 15 is 0 Å². The Bertz CT molecular complexity index is 155. The van der Waals surface area contributed by atoms with Gasteiger partial charge in [0.25, 0.3) is 0 Å². The molecule has 1 saturated carbocycles. The van der Waals surface area contributed by atoms with Crippen LogP contribution in [0.25, 0.3) is 0 Å². The average Bonchev–Trinajstić information content (AvgIpc) is 2.16. The Balaban J connectivity index is 2.55. The van der Waals surface area contributed by atoms with E-state index in [9.17, 15) is 5.11 Å². The van der Waals surface area contributed by atoms with E-state index in [0.717, 1.165) is 25.7 Å². The molecule has 0 amide bonds. The molecule has 1 aliphatic carbocycles. The molecule has 2 N–H and O–H groups in total. The van der Waals surface area contributed by atoms with Gasteiger partial charge >= 0.3 is 0 Å². The number of thiol groups is 1. The fourth-order valence-electron chi connectivity index (χ4n) is 2.09. The van der Waals surface area contributed by atoms with Crippen molar-refractivity contribution in [3.05, 3.63) is 0 Å². The van der Waals surface area contributed by atoms with E-state index in [0.29, 0.717) is 0 Å². The predicted octanol–water partition coefficient (Wildman–Crippen LogP) is 1.61. The predicted molar refractivity (Wildman–Crippen MR) is 57.1 cm³/mol. The van der Waals surface area contributed by atoms with Crippen LogP contribution < -0.4 is 0 Å². The van der Waals surface area contributed by atoms with Crippen LogP contribution in [-0.4, -0.2) is 27.7 Å². The zero-order chi connectivity index (χ0) is 9.90. The van der Waals surface area contributed by atoms with E-state index in [1.807, 2.05) is 6.92 Å². The summed E-state index contributed by atoms with van der Waals surface area (Å²) in [4.78, 5) is 0. The molecule has 1 aliphatic rings. The standard InChI is InChI=1S/C10H20O2S/c1-8(7-11)9(12)10(13)5-3-2-4-6-10/h8-9,11-13H,2-7H2,1H3/t8-,9-/m0/s1. The largest absolute Gasteiger partial charge is 0.396 e. The topological polar surface area (TPSA) is 40.5 Å². The average molecular weight is 204 g/mol. The molecule has 2 atom stereocenters. The SMILES string of the molecule is C[C@@H](CO)[C@H](O)C1(S)CCCCC1. The minimum absolute atomic E-state index is 0.0451. The summed E-state index contributed by atoms with van der Waals surface area (Å²) in [5.74, 6) is -0.0596. The van der Waals surface area contributed by atoms with Gasteiger partial charge in [-0.2, -0.15) is 12.6 Å². The fourth-order valence-corrected chi connectivity index (χ4v) is 2.66. The number of aliphatic hydroxyl groups is 2. The molecule has 78 valence electrons. The van der Waals surface area contributed by atoms with Crippen LogP contribution in [-0.2, 0) is 0 Å². The summed E-state index contributed by atoms with van der Waals surface area (Å²) in [6.07, 6.45) is 5.03. The molecule has 0 spiro atoms. The van der Waals surface area contributed by atoms with Crippen molar-refractivity contribution < 1.29 is 10.2 Å². The number of aliphatic hydroxyl groups excluding tert-OH is 2. The molecule has 0 heterocycles. The van der Waals surface area contributed by atoms with Crippen molar-refractivity contribution in [2.75, 3.05) is 6.61 Å². The first-order chi connectivity index (χ1) is 6.10. The van der Waals surface area contributed by atoms with Gasteiger partial charge in [-0.3, -0.25) is 0 Å². The second-order valence-corrected chi connectivity index (χ2v) is 5.16. The van der Waals surface area contributed by atoms with Gasteiger partial charge in [-0.25, -0.2) is 0 Å². The fraction of sp³-hybridized carbons (Fsp3) is 1.00. The Morgan fingerprint density at radius 3 is 2.31 bits per heavy atom. The van der Waals surface area contributed by atoms with Crippen LogP contribution in [0.3, 0.4) is 0 Å². The van der Waals surface area contributed by atoms with E-state index in [-0.39, 0.29) is 17.3 Å². The molecule has 13 heavy (non-hydrogen) atoms. The summed E-state index contributed by atoms with van der Waals surface area (Å²) >= 11 is 4.58. The minimum atomic E-state index is -0.471. The maximum Gasteiger partial charge on any atom is 0.0731 e. The van der Waals surface area contributed by atoms with Crippen molar-refractivity contribution in [3.63, 3.8) is 0 Å². The molecule has 0 aliphatic heterocycles. The lowest BCUT2D eigenvalue weighted by Crippen LogP contribution is -2.43. The van der Waals surface area contributed by atoms with Gasteiger partial charge < -0.3 is 10.2 Å². The van der Waals surface area contributed by atoms with Crippen LogP contribution in [0.4, 0.5) is 0 Å². The molecule has 3 heteroatoms. The Hall–Kier alpha value is 0.270. The first-order valence-electron chi connectivity index (χ1n) is 5.11. The highest BCUT2D eigenvalue weighted by Gasteiger charge is 2.37. The normalized spacial score (nSPS) is 26.8. The molecule has 1 fully saturated rings. The van der Waals surface area contributed by atoms with E-state index in [1.165, 1.54) is 6.42 Å². The monoisotopic (exact) mass is 204 g/mol. The van der Waals surface area contributed by atoms with Gasteiger partial charge in [-0.05, 0) is 12.8 Å². The summed E-state index contributed by atoms with van der Waals surface area (Å²) in [6, 6.07) is 0. The zero-order valence-electron chi connectivity index (χ0n) is 8.24. The van der Waals surface area contributed by atoms with E-state index in [4.69, 9.17) is 5.11 Å². The lowest BCUT2D eigenvalue weighted by Gasteiger charge is -2.39. The van der Waals surface area contributed by atoms with E-state index in [2.05, 4.69) is 12.6 Å². The first kappa shape index (κ1) is 11.3. The van der Waals surface area contributed by atoms with Crippen LogP contribution in [0, 0.1) is 5.92 Å². The number of rotatable bonds is 3. The van der Waals surface area contributed by atoms with Crippen molar-refractivity contribution in [3.8, 4) is 0 Å². The molecular formula is C10H20O2S. The molecule has 0 saturated heterocycles.